The van der Waals surface area contributed by atoms with E-state index in [2.05, 4.69) is 20.3 Å². The molecule has 0 aliphatic carbocycles. The van der Waals surface area contributed by atoms with Crippen LogP contribution < -0.4 is 10.1 Å². The summed E-state index contributed by atoms with van der Waals surface area (Å²) >= 11 is 0. The highest BCUT2D eigenvalue weighted by molar-refractivity contribution is 6.87. The summed E-state index contributed by atoms with van der Waals surface area (Å²) in [6.07, 6.45) is 0. The van der Waals surface area contributed by atoms with Crippen LogP contribution in [0.15, 0.2) is 0 Å². The Hall–Kier alpha value is -1.24. The molecule has 0 unspecified atom stereocenters. The average molecular weight is 213 g/mol. The van der Waals surface area contributed by atoms with Crippen LogP contribution >= 0.6 is 0 Å². The molecule has 6 nitrogen and oxygen atoms in total. The maximum Gasteiger partial charge on any atom is 0.232 e. The normalized spacial score (nSPS) is 10.2. The monoisotopic (exact) mass is 213 g/mol. The van der Waals surface area contributed by atoms with E-state index in [1.165, 1.54) is 12.1 Å². The molecule has 0 aromatic carbocycles. The first-order valence-electron chi connectivity index (χ1n) is 4.74. The number of nitrogens with one attached hydrogen (secondary N) is 1. The highest BCUT2D eigenvalue weighted by Gasteiger charge is 2.08. The molecule has 0 aliphatic rings. The van der Waals surface area contributed by atoms with Crippen molar-refractivity contribution < 1.29 is 0 Å². The Bertz CT molecular complexity index is 349. The zero-order valence-electron chi connectivity index (χ0n) is 9.68. The lowest BCUT2D eigenvalue weighted by atomic mass is 9.66. The van der Waals surface area contributed by atoms with Gasteiger partial charge in [-0.3, -0.25) is 0 Å². The Morgan fingerprint density at radius 1 is 1.38 bits per heavy atom. The zero-order valence-corrected chi connectivity index (χ0v) is 9.68. The lowest BCUT2D eigenvalue weighted by Crippen LogP contribution is -2.37. The van der Waals surface area contributed by atoms with E-state index in [-0.39, 0.29) is 0 Å². The standard InChI is InChI=1S/C7H12B3N6/c1-5-12-6(11-2)14-7(13-5)16(9)4-15(3)10-8/h4H2,1-3H3,(H,11,12,13,14). The molecule has 0 fully saturated rings. The summed E-state index contributed by atoms with van der Waals surface area (Å²) in [5.41, 5.74) is 0. The van der Waals surface area contributed by atoms with Crippen molar-refractivity contribution >= 4 is 34.9 Å². The molecule has 0 amide bonds. The predicted molar refractivity (Wildman–Crippen MR) is 66.5 cm³/mol. The number of aromatic nitrogens is 3. The Kier molecular flexibility index (Phi) is 4.60. The molecule has 1 N–H and O–H groups in total. The third-order valence-corrected chi connectivity index (χ3v) is 1.85. The molecule has 0 bridgehead atoms. The van der Waals surface area contributed by atoms with Gasteiger partial charge in [-0.2, -0.15) is 15.0 Å². The average Bonchev–Trinajstić information content (AvgIpc) is 2.27. The van der Waals surface area contributed by atoms with Gasteiger partial charge in [0.15, 0.2) is 7.31 Å². The van der Waals surface area contributed by atoms with Gasteiger partial charge in [-0.15, -0.1) is 0 Å². The molecule has 0 spiro atoms. The fourth-order valence-corrected chi connectivity index (χ4v) is 1.06. The molecule has 1 aromatic heterocycles. The van der Waals surface area contributed by atoms with Gasteiger partial charge in [0, 0.05) is 21.5 Å². The van der Waals surface area contributed by atoms with E-state index >= 15 is 0 Å². The topological polar surface area (TPSA) is 57.2 Å². The van der Waals surface area contributed by atoms with Crippen LogP contribution in [0.2, 0.25) is 0 Å². The van der Waals surface area contributed by atoms with Crippen LogP contribution in [0.5, 0.6) is 0 Å². The molecular formula is C7H12B3N6. The maximum atomic E-state index is 5.80. The molecular weight excluding hydrogens is 201 g/mol. The molecule has 0 atom stereocenters. The quantitative estimate of drug-likeness (QED) is 0.484. The van der Waals surface area contributed by atoms with Crippen molar-refractivity contribution in [2.45, 2.75) is 6.92 Å². The van der Waals surface area contributed by atoms with Gasteiger partial charge in [-0.1, -0.05) is 0 Å². The van der Waals surface area contributed by atoms with Crippen LogP contribution in [0, 0.1) is 6.92 Å². The predicted octanol–water partition coefficient (Wildman–Crippen LogP) is -1.30. The van der Waals surface area contributed by atoms with Crippen LogP contribution in [0.4, 0.5) is 11.9 Å². The fraction of sp³-hybridized carbons (Fsp3) is 0.571. The minimum Gasteiger partial charge on any atom is -0.384 e. The summed E-state index contributed by atoms with van der Waals surface area (Å²) in [4.78, 5) is 15.4. The van der Waals surface area contributed by atoms with Gasteiger partial charge in [0.25, 0.3) is 0 Å². The van der Waals surface area contributed by atoms with E-state index in [0.29, 0.717) is 24.4 Å². The summed E-state index contributed by atoms with van der Waals surface area (Å²) in [6, 6.07) is 0. The molecule has 1 heterocycles. The highest BCUT2D eigenvalue weighted by Crippen LogP contribution is 2.07. The van der Waals surface area contributed by atoms with Crippen molar-refractivity contribution in [1.82, 2.24) is 19.8 Å². The summed E-state index contributed by atoms with van der Waals surface area (Å²) in [5, 5.41) is 2.84. The summed E-state index contributed by atoms with van der Waals surface area (Å²) in [5.74, 6) is 1.48. The van der Waals surface area contributed by atoms with Gasteiger partial charge >= 0.3 is 0 Å². The highest BCUT2D eigenvalue weighted by atomic mass is 15.3. The van der Waals surface area contributed by atoms with Crippen LogP contribution in [0.25, 0.3) is 0 Å². The first kappa shape index (κ1) is 12.8. The van der Waals surface area contributed by atoms with Crippen LogP contribution in [-0.4, -0.2) is 63.6 Å². The van der Waals surface area contributed by atoms with Gasteiger partial charge < -0.3 is 14.9 Å². The molecule has 9 heteroatoms. The van der Waals surface area contributed by atoms with Crippen molar-refractivity contribution in [2.75, 3.05) is 30.9 Å². The summed E-state index contributed by atoms with van der Waals surface area (Å²) in [6.45, 7) is 2.17. The zero-order chi connectivity index (χ0) is 12.1. The lowest BCUT2D eigenvalue weighted by Gasteiger charge is -2.24. The van der Waals surface area contributed by atoms with Crippen molar-refractivity contribution in [3.05, 3.63) is 5.82 Å². The SMILES string of the molecule is [B][B]N(C)CN([B])c1nc(C)nc(NC)n1. The third-order valence-electron chi connectivity index (χ3n) is 1.85. The molecule has 0 saturated heterocycles. The van der Waals surface area contributed by atoms with Gasteiger partial charge in [-0.05, 0) is 14.0 Å². The van der Waals surface area contributed by atoms with E-state index in [1.54, 1.807) is 25.8 Å². The van der Waals surface area contributed by atoms with Crippen LogP contribution in [0.1, 0.15) is 5.82 Å². The Morgan fingerprint density at radius 3 is 2.62 bits per heavy atom. The molecule has 16 heavy (non-hydrogen) atoms. The molecule has 1 rings (SSSR count). The summed E-state index contributed by atoms with van der Waals surface area (Å²) < 4.78 is 0. The van der Waals surface area contributed by atoms with Gasteiger partial charge in [0.2, 0.25) is 19.9 Å². The number of hydrogen-bond donors (Lipinski definition) is 1. The number of aryl methyl sites for hydroxylation is 1. The second-order valence-electron chi connectivity index (χ2n) is 3.27. The minimum atomic E-state index is 0.392. The number of rotatable bonds is 5. The Balaban J connectivity index is 2.82. The van der Waals surface area contributed by atoms with E-state index in [4.69, 9.17) is 15.7 Å². The van der Waals surface area contributed by atoms with Crippen molar-refractivity contribution in [3.8, 4) is 0 Å². The fourth-order valence-electron chi connectivity index (χ4n) is 1.06. The lowest BCUT2D eigenvalue weighted by molar-refractivity contribution is 0.558. The van der Waals surface area contributed by atoms with Gasteiger partial charge in [-0.25, -0.2) is 0 Å². The minimum absolute atomic E-state index is 0.392. The molecule has 79 valence electrons. The van der Waals surface area contributed by atoms with E-state index in [9.17, 15) is 0 Å². The van der Waals surface area contributed by atoms with E-state index in [1.807, 2.05) is 0 Å². The number of anilines is 2. The molecule has 0 aliphatic heterocycles. The molecule has 5 radical (unpaired) electrons. The second kappa shape index (κ2) is 5.74. The van der Waals surface area contributed by atoms with Gasteiger partial charge in [0.05, 0.1) is 0 Å². The number of hydrogen-bond acceptors (Lipinski definition) is 6. The summed E-state index contributed by atoms with van der Waals surface area (Å²) in [7, 11) is 16.1. The third kappa shape index (κ3) is 3.41. The van der Waals surface area contributed by atoms with Crippen molar-refractivity contribution in [3.63, 3.8) is 0 Å². The first-order valence-corrected chi connectivity index (χ1v) is 4.74. The van der Waals surface area contributed by atoms with Crippen LogP contribution in [0.3, 0.4) is 0 Å². The van der Waals surface area contributed by atoms with Gasteiger partial charge in [0.1, 0.15) is 5.82 Å². The Labute approximate surface area is 98.9 Å². The van der Waals surface area contributed by atoms with Crippen LogP contribution in [-0.2, 0) is 0 Å². The van der Waals surface area contributed by atoms with Crippen molar-refractivity contribution in [1.29, 1.82) is 0 Å². The maximum absolute atomic E-state index is 5.80. The Morgan fingerprint density at radius 2 is 2.06 bits per heavy atom. The van der Waals surface area contributed by atoms with E-state index in [0.717, 1.165) is 0 Å². The first-order chi connectivity index (χ1) is 7.56. The number of nitrogens with zero attached hydrogens (tertiary/aromatic N) is 5. The van der Waals surface area contributed by atoms with Crippen molar-refractivity contribution in [2.24, 2.45) is 0 Å². The van der Waals surface area contributed by atoms with E-state index < -0.39 is 0 Å². The largest absolute Gasteiger partial charge is 0.384 e. The molecule has 0 saturated carbocycles. The second-order valence-corrected chi connectivity index (χ2v) is 3.27. The molecule has 1 aromatic rings. The smallest absolute Gasteiger partial charge is 0.232 e.